The van der Waals surface area contributed by atoms with Crippen molar-refractivity contribution in [1.82, 2.24) is 4.90 Å². The third kappa shape index (κ3) is 4.44. The molecule has 0 saturated carbocycles. The van der Waals surface area contributed by atoms with Gasteiger partial charge in [-0.25, -0.2) is 0 Å². The topological polar surface area (TPSA) is 48.0 Å². The van der Waals surface area contributed by atoms with Crippen molar-refractivity contribution in [1.29, 1.82) is 0 Å². The van der Waals surface area contributed by atoms with Gasteiger partial charge in [-0.15, -0.1) is 0 Å². The molecule has 0 N–H and O–H groups in total. The van der Waals surface area contributed by atoms with Gasteiger partial charge in [0, 0.05) is 13.1 Å². The molecule has 1 atom stereocenters. The highest BCUT2D eigenvalue weighted by Crippen LogP contribution is 2.22. The maximum absolute atomic E-state index is 11.3. The van der Waals surface area contributed by atoms with E-state index in [2.05, 4.69) is 0 Å². The van der Waals surface area contributed by atoms with Gasteiger partial charge in [-0.1, -0.05) is 18.2 Å². The van der Waals surface area contributed by atoms with E-state index in [1.807, 2.05) is 36.9 Å². The quantitative estimate of drug-likeness (QED) is 0.771. The van der Waals surface area contributed by atoms with Gasteiger partial charge in [0.2, 0.25) is 0 Å². The number of rotatable bonds is 5. The van der Waals surface area contributed by atoms with Crippen LogP contribution < -0.4 is 4.74 Å². The molecule has 0 aliphatic carbocycles. The number of methoxy groups -OCH3 is 1. The minimum atomic E-state index is -0.216. The van der Waals surface area contributed by atoms with Crippen LogP contribution in [0.5, 0.6) is 5.75 Å². The molecule has 1 aliphatic rings. The van der Waals surface area contributed by atoms with Gasteiger partial charge in [0.15, 0.2) is 0 Å². The molecular formula is C16H23NO4. The summed E-state index contributed by atoms with van der Waals surface area (Å²) < 4.78 is 16.3. The van der Waals surface area contributed by atoms with Crippen molar-refractivity contribution in [3.8, 4) is 5.75 Å². The van der Waals surface area contributed by atoms with Crippen LogP contribution >= 0.6 is 0 Å². The lowest BCUT2D eigenvalue weighted by molar-refractivity contribution is -0.144. The molecular weight excluding hydrogens is 270 g/mol. The Hall–Kier alpha value is -1.59. The predicted octanol–water partition coefficient (Wildman–Crippen LogP) is 1.56. The van der Waals surface area contributed by atoms with Crippen LogP contribution in [0.1, 0.15) is 11.1 Å². The van der Waals surface area contributed by atoms with E-state index in [0.29, 0.717) is 26.3 Å². The molecule has 5 heteroatoms. The summed E-state index contributed by atoms with van der Waals surface area (Å²) in [6.45, 7) is 6.90. The van der Waals surface area contributed by atoms with E-state index in [-0.39, 0.29) is 12.1 Å². The van der Waals surface area contributed by atoms with E-state index in [4.69, 9.17) is 14.2 Å². The summed E-state index contributed by atoms with van der Waals surface area (Å²) in [7, 11) is 1.41. The highest BCUT2D eigenvalue weighted by Gasteiger charge is 2.23. The Labute approximate surface area is 125 Å². The predicted molar refractivity (Wildman–Crippen MR) is 79.6 cm³/mol. The van der Waals surface area contributed by atoms with Crippen LogP contribution in [-0.2, 0) is 14.3 Å². The maximum atomic E-state index is 11.3. The number of carbonyl (C=O) groups is 1. The molecule has 1 fully saturated rings. The van der Waals surface area contributed by atoms with E-state index in [9.17, 15) is 4.79 Å². The molecule has 0 unspecified atom stereocenters. The van der Waals surface area contributed by atoms with Crippen molar-refractivity contribution < 1.29 is 19.0 Å². The SMILES string of the molecule is COC(=O)CN1CCO[C@H](COc2c(C)cccc2C)C1. The number of benzene rings is 1. The molecule has 0 bridgehead atoms. The Bertz CT molecular complexity index is 469. The zero-order valence-electron chi connectivity index (χ0n) is 12.9. The van der Waals surface area contributed by atoms with Gasteiger partial charge in [0.25, 0.3) is 0 Å². The summed E-state index contributed by atoms with van der Waals surface area (Å²) in [6, 6.07) is 6.09. The van der Waals surface area contributed by atoms with E-state index >= 15 is 0 Å². The maximum Gasteiger partial charge on any atom is 0.319 e. The van der Waals surface area contributed by atoms with Crippen LogP contribution in [0.25, 0.3) is 0 Å². The van der Waals surface area contributed by atoms with Crippen molar-refractivity contribution in [2.75, 3.05) is 40.0 Å². The first-order chi connectivity index (χ1) is 10.1. The van der Waals surface area contributed by atoms with Crippen molar-refractivity contribution in [3.63, 3.8) is 0 Å². The average molecular weight is 293 g/mol. The standard InChI is InChI=1S/C16H23NO4/c1-12-5-4-6-13(2)16(12)21-11-14-9-17(7-8-20-14)10-15(18)19-3/h4-6,14H,7-11H2,1-3H3/t14-/m0/s1. The molecule has 116 valence electrons. The monoisotopic (exact) mass is 293 g/mol. The van der Waals surface area contributed by atoms with Gasteiger partial charge >= 0.3 is 5.97 Å². The number of carbonyl (C=O) groups excluding carboxylic acids is 1. The van der Waals surface area contributed by atoms with Crippen LogP contribution in [0.4, 0.5) is 0 Å². The van der Waals surface area contributed by atoms with Gasteiger partial charge in [0.1, 0.15) is 18.5 Å². The summed E-state index contributed by atoms with van der Waals surface area (Å²) in [5.41, 5.74) is 2.24. The molecule has 1 aliphatic heterocycles. The van der Waals surface area contributed by atoms with Crippen LogP contribution in [0, 0.1) is 13.8 Å². The molecule has 5 nitrogen and oxygen atoms in total. The van der Waals surface area contributed by atoms with Crippen LogP contribution in [0.3, 0.4) is 0 Å². The molecule has 0 aromatic heterocycles. The third-order valence-electron chi connectivity index (χ3n) is 3.63. The number of para-hydroxylation sites is 1. The van der Waals surface area contributed by atoms with Crippen molar-refractivity contribution in [3.05, 3.63) is 29.3 Å². The summed E-state index contributed by atoms with van der Waals surface area (Å²) in [4.78, 5) is 13.4. The Kier molecular flexibility index (Phi) is 5.59. The number of hydrogen-bond donors (Lipinski definition) is 0. The Morgan fingerprint density at radius 3 is 2.76 bits per heavy atom. The fourth-order valence-electron chi connectivity index (χ4n) is 2.48. The minimum Gasteiger partial charge on any atom is -0.490 e. The van der Waals surface area contributed by atoms with Crippen molar-refractivity contribution in [2.24, 2.45) is 0 Å². The van der Waals surface area contributed by atoms with Crippen molar-refractivity contribution >= 4 is 5.97 Å². The fraction of sp³-hybridized carbons (Fsp3) is 0.562. The molecule has 1 aromatic rings. The zero-order valence-corrected chi connectivity index (χ0v) is 12.9. The first-order valence-electron chi connectivity index (χ1n) is 7.20. The lowest BCUT2D eigenvalue weighted by atomic mass is 10.1. The number of morpholine rings is 1. The summed E-state index contributed by atoms with van der Waals surface area (Å²) in [5, 5.41) is 0. The van der Waals surface area contributed by atoms with Crippen LogP contribution in [-0.4, -0.2) is 56.9 Å². The molecule has 1 heterocycles. The smallest absolute Gasteiger partial charge is 0.319 e. The van der Waals surface area contributed by atoms with Gasteiger partial charge in [0.05, 0.1) is 20.3 Å². The first-order valence-corrected chi connectivity index (χ1v) is 7.20. The normalized spacial score (nSPS) is 19.3. The van der Waals surface area contributed by atoms with E-state index in [0.717, 1.165) is 23.4 Å². The van der Waals surface area contributed by atoms with Crippen LogP contribution in [0.15, 0.2) is 18.2 Å². The largest absolute Gasteiger partial charge is 0.490 e. The van der Waals surface area contributed by atoms with Gasteiger partial charge < -0.3 is 14.2 Å². The third-order valence-corrected chi connectivity index (χ3v) is 3.63. The Morgan fingerprint density at radius 1 is 1.38 bits per heavy atom. The zero-order chi connectivity index (χ0) is 15.2. The molecule has 1 saturated heterocycles. The van der Waals surface area contributed by atoms with E-state index in [1.54, 1.807) is 0 Å². The van der Waals surface area contributed by atoms with Gasteiger partial charge in [-0.05, 0) is 25.0 Å². The number of esters is 1. The number of aryl methyl sites for hydroxylation is 2. The lowest BCUT2D eigenvalue weighted by Gasteiger charge is -2.32. The highest BCUT2D eigenvalue weighted by atomic mass is 16.5. The minimum absolute atomic E-state index is 0.0255. The molecule has 0 spiro atoms. The molecule has 2 rings (SSSR count). The Morgan fingerprint density at radius 2 is 2.10 bits per heavy atom. The molecule has 1 aromatic carbocycles. The highest BCUT2D eigenvalue weighted by molar-refractivity contribution is 5.71. The Balaban J connectivity index is 1.87. The second-order valence-corrected chi connectivity index (χ2v) is 5.34. The van der Waals surface area contributed by atoms with E-state index < -0.39 is 0 Å². The second-order valence-electron chi connectivity index (χ2n) is 5.34. The summed E-state index contributed by atoms with van der Waals surface area (Å²) in [5.74, 6) is 0.706. The molecule has 0 radical (unpaired) electrons. The number of nitrogens with zero attached hydrogens (tertiary/aromatic N) is 1. The van der Waals surface area contributed by atoms with E-state index in [1.165, 1.54) is 7.11 Å². The second kappa shape index (κ2) is 7.43. The lowest BCUT2D eigenvalue weighted by Crippen LogP contribution is -2.46. The number of ether oxygens (including phenoxy) is 3. The average Bonchev–Trinajstić information content (AvgIpc) is 2.47. The fourth-order valence-corrected chi connectivity index (χ4v) is 2.48. The molecule has 21 heavy (non-hydrogen) atoms. The van der Waals surface area contributed by atoms with Crippen molar-refractivity contribution in [2.45, 2.75) is 20.0 Å². The van der Waals surface area contributed by atoms with Gasteiger partial charge in [-0.3, -0.25) is 9.69 Å². The van der Waals surface area contributed by atoms with Crippen LogP contribution in [0.2, 0.25) is 0 Å². The summed E-state index contributed by atoms with van der Waals surface area (Å²) >= 11 is 0. The van der Waals surface area contributed by atoms with Gasteiger partial charge in [-0.2, -0.15) is 0 Å². The molecule has 0 amide bonds. The number of hydrogen-bond acceptors (Lipinski definition) is 5. The summed E-state index contributed by atoms with van der Waals surface area (Å²) in [6.07, 6.45) is -0.0255. The first kappa shape index (κ1) is 15.8.